The van der Waals surface area contributed by atoms with Crippen LogP contribution >= 0.6 is 0 Å². The fourth-order valence-corrected chi connectivity index (χ4v) is 1.66. The summed E-state index contributed by atoms with van der Waals surface area (Å²) in [5.74, 6) is -0.725. The Labute approximate surface area is 95.7 Å². The Morgan fingerprint density at radius 3 is 2.62 bits per heavy atom. The largest absolute Gasteiger partial charge is 0.480 e. The molecule has 0 radical (unpaired) electrons. The van der Waals surface area contributed by atoms with E-state index in [0.29, 0.717) is 18.8 Å². The third-order valence-electron chi connectivity index (χ3n) is 3.02. The van der Waals surface area contributed by atoms with Gasteiger partial charge < -0.3 is 10.4 Å². The number of aliphatic carboxylic acids is 1. The van der Waals surface area contributed by atoms with Gasteiger partial charge >= 0.3 is 5.97 Å². The molecule has 1 fully saturated rings. The van der Waals surface area contributed by atoms with E-state index in [-0.39, 0.29) is 11.8 Å². The van der Waals surface area contributed by atoms with E-state index >= 15 is 0 Å². The monoisotopic (exact) mass is 225 g/mol. The van der Waals surface area contributed by atoms with E-state index in [9.17, 15) is 9.59 Å². The van der Waals surface area contributed by atoms with Crippen molar-refractivity contribution in [3.63, 3.8) is 0 Å². The van der Waals surface area contributed by atoms with Gasteiger partial charge in [0.05, 0.1) is 0 Å². The Morgan fingerprint density at radius 2 is 2.19 bits per heavy atom. The van der Waals surface area contributed by atoms with E-state index in [2.05, 4.69) is 11.9 Å². The number of rotatable bonds is 7. The zero-order chi connectivity index (χ0) is 12.1. The van der Waals surface area contributed by atoms with E-state index in [1.54, 1.807) is 6.08 Å². The second kappa shape index (κ2) is 5.68. The van der Waals surface area contributed by atoms with Crippen molar-refractivity contribution >= 4 is 11.9 Å². The van der Waals surface area contributed by atoms with E-state index in [0.717, 1.165) is 12.8 Å². The number of carboxylic acids is 1. The summed E-state index contributed by atoms with van der Waals surface area (Å²) >= 11 is 0. The number of hydrogen-bond donors (Lipinski definition) is 2. The summed E-state index contributed by atoms with van der Waals surface area (Å²) in [6, 6.07) is -0.785. The summed E-state index contributed by atoms with van der Waals surface area (Å²) in [4.78, 5) is 22.6. The molecular weight excluding hydrogens is 206 g/mol. The average Bonchev–Trinajstić information content (AvgIpc) is 3.05. The van der Waals surface area contributed by atoms with Crippen molar-refractivity contribution in [3.8, 4) is 0 Å². The highest BCUT2D eigenvalue weighted by Gasteiger charge is 2.34. The Kier molecular flexibility index (Phi) is 4.52. The van der Waals surface area contributed by atoms with Crippen LogP contribution in [-0.2, 0) is 9.59 Å². The first-order valence-corrected chi connectivity index (χ1v) is 5.70. The highest BCUT2D eigenvalue weighted by atomic mass is 16.4. The molecular formula is C12H19NO3. The van der Waals surface area contributed by atoms with Gasteiger partial charge in [0, 0.05) is 5.92 Å². The molecule has 1 rings (SSSR count). The zero-order valence-electron chi connectivity index (χ0n) is 9.61. The number of amides is 1. The molecule has 0 aromatic carbocycles. The summed E-state index contributed by atoms with van der Waals surface area (Å²) in [6.45, 7) is 5.40. The van der Waals surface area contributed by atoms with E-state index in [1.165, 1.54) is 0 Å². The van der Waals surface area contributed by atoms with Gasteiger partial charge in [-0.2, -0.15) is 0 Å². The first kappa shape index (κ1) is 12.7. The molecule has 0 bridgehead atoms. The van der Waals surface area contributed by atoms with Gasteiger partial charge in [-0.3, -0.25) is 4.79 Å². The van der Waals surface area contributed by atoms with Crippen molar-refractivity contribution in [2.45, 2.75) is 38.6 Å². The normalized spacial score (nSPS) is 18.6. The molecule has 1 aliphatic carbocycles. The van der Waals surface area contributed by atoms with Crippen LogP contribution in [0.25, 0.3) is 0 Å². The molecule has 16 heavy (non-hydrogen) atoms. The maximum atomic E-state index is 11.7. The van der Waals surface area contributed by atoms with Crippen LogP contribution in [0, 0.1) is 11.8 Å². The quantitative estimate of drug-likeness (QED) is 0.646. The Bertz CT molecular complexity index is 284. The second-order valence-electron chi connectivity index (χ2n) is 4.39. The highest BCUT2D eigenvalue weighted by molar-refractivity contribution is 5.85. The van der Waals surface area contributed by atoms with Gasteiger partial charge in [-0.05, 0) is 31.6 Å². The molecule has 0 aliphatic heterocycles. The van der Waals surface area contributed by atoms with Gasteiger partial charge in [0.1, 0.15) is 6.04 Å². The van der Waals surface area contributed by atoms with E-state index in [4.69, 9.17) is 5.11 Å². The molecule has 0 spiro atoms. The second-order valence-corrected chi connectivity index (χ2v) is 4.39. The number of carbonyl (C=O) groups excluding carboxylic acids is 1. The predicted molar refractivity (Wildman–Crippen MR) is 60.9 cm³/mol. The van der Waals surface area contributed by atoms with Crippen LogP contribution in [0.2, 0.25) is 0 Å². The van der Waals surface area contributed by atoms with E-state index < -0.39 is 12.0 Å². The lowest BCUT2D eigenvalue weighted by molar-refractivity contribution is -0.142. The first-order valence-electron chi connectivity index (χ1n) is 5.70. The highest BCUT2D eigenvalue weighted by Crippen LogP contribution is 2.36. The minimum absolute atomic E-state index is 0.0643. The molecule has 4 nitrogen and oxygen atoms in total. The third-order valence-corrected chi connectivity index (χ3v) is 3.02. The van der Waals surface area contributed by atoms with Gasteiger partial charge in [-0.1, -0.05) is 13.0 Å². The molecule has 2 atom stereocenters. The molecule has 4 heteroatoms. The Hall–Kier alpha value is -1.32. The number of allylic oxidation sites excluding steroid dienone is 1. The zero-order valence-corrected chi connectivity index (χ0v) is 9.61. The number of carboxylic acid groups (broad SMARTS) is 1. The van der Waals surface area contributed by atoms with Crippen molar-refractivity contribution in [1.29, 1.82) is 0 Å². The number of hydrogen-bond acceptors (Lipinski definition) is 2. The SMILES string of the molecule is C=CCCC(NC(=O)C(C)C1CC1)C(=O)O. The van der Waals surface area contributed by atoms with Crippen LogP contribution in [0.1, 0.15) is 32.6 Å². The standard InChI is InChI=1S/C12H19NO3/c1-3-4-5-10(12(15)16)13-11(14)8(2)9-6-7-9/h3,8-10H,1,4-7H2,2H3,(H,13,14)(H,15,16). The van der Waals surface area contributed by atoms with Crippen LogP contribution in [-0.4, -0.2) is 23.0 Å². The van der Waals surface area contributed by atoms with Gasteiger partial charge in [0.15, 0.2) is 0 Å². The lowest BCUT2D eigenvalue weighted by Crippen LogP contribution is -2.43. The Morgan fingerprint density at radius 1 is 1.56 bits per heavy atom. The molecule has 1 saturated carbocycles. The van der Waals surface area contributed by atoms with E-state index in [1.807, 2.05) is 6.92 Å². The lowest BCUT2D eigenvalue weighted by Gasteiger charge is -2.16. The fourth-order valence-electron chi connectivity index (χ4n) is 1.66. The molecule has 2 unspecified atom stereocenters. The summed E-state index contributed by atoms with van der Waals surface area (Å²) < 4.78 is 0. The molecule has 2 N–H and O–H groups in total. The maximum absolute atomic E-state index is 11.7. The average molecular weight is 225 g/mol. The molecule has 0 aromatic heterocycles. The molecule has 1 amide bonds. The third kappa shape index (κ3) is 3.68. The maximum Gasteiger partial charge on any atom is 0.326 e. The summed E-state index contributed by atoms with van der Waals surface area (Å²) in [5, 5.41) is 11.5. The van der Waals surface area contributed by atoms with Crippen molar-refractivity contribution in [3.05, 3.63) is 12.7 Å². The summed E-state index contributed by atoms with van der Waals surface area (Å²) in [5.41, 5.74) is 0. The van der Waals surface area contributed by atoms with Crippen LogP contribution in [0.15, 0.2) is 12.7 Å². The number of carbonyl (C=O) groups is 2. The van der Waals surface area contributed by atoms with Crippen molar-refractivity contribution < 1.29 is 14.7 Å². The van der Waals surface area contributed by atoms with Gasteiger partial charge in [-0.25, -0.2) is 4.79 Å². The number of nitrogens with one attached hydrogen (secondary N) is 1. The molecule has 0 heterocycles. The smallest absolute Gasteiger partial charge is 0.326 e. The van der Waals surface area contributed by atoms with Crippen molar-refractivity contribution in [2.75, 3.05) is 0 Å². The lowest BCUT2D eigenvalue weighted by atomic mass is 10.0. The van der Waals surface area contributed by atoms with Gasteiger partial charge in [-0.15, -0.1) is 6.58 Å². The molecule has 1 aliphatic rings. The van der Waals surface area contributed by atoms with Crippen molar-refractivity contribution in [1.82, 2.24) is 5.32 Å². The minimum Gasteiger partial charge on any atom is -0.480 e. The predicted octanol–water partition coefficient (Wildman–Crippen LogP) is 1.57. The minimum atomic E-state index is -0.974. The van der Waals surface area contributed by atoms with Crippen LogP contribution in [0.4, 0.5) is 0 Å². The molecule has 90 valence electrons. The molecule has 0 aromatic rings. The summed E-state index contributed by atoms with van der Waals surface area (Å²) in [7, 11) is 0. The van der Waals surface area contributed by atoms with Crippen molar-refractivity contribution in [2.24, 2.45) is 11.8 Å². The summed E-state index contributed by atoms with van der Waals surface area (Å²) in [6.07, 6.45) is 4.82. The Balaban J connectivity index is 2.42. The molecule has 0 saturated heterocycles. The fraction of sp³-hybridized carbons (Fsp3) is 0.667. The first-order chi connectivity index (χ1) is 7.56. The van der Waals surface area contributed by atoms with Crippen LogP contribution < -0.4 is 5.32 Å². The van der Waals surface area contributed by atoms with Crippen LogP contribution in [0.3, 0.4) is 0 Å². The van der Waals surface area contributed by atoms with Gasteiger partial charge in [0.25, 0.3) is 0 Å². The topological polar surface area (TPSA) is 66.4 Å². The van der Waals surface area contributed by atoms with Gasteiger partial charge in [0.2, 0.25) is 5.91 Å². The van der Waals surface area contributed by atoms with Crippen LogP contribution in [0.5, 0.6) is 0 Å².